The molecule has 2 aromatic rings. The van der Waals surface area contributed by atoms with Crippen molar-refractivity contribution in [1.82, 2.24) is 30.3 Å². The fraction of sp³-hybridized carbons (Fsp3) is 0.700. The van der Waals surface area contributed by atoms with E-state index in [-0.39, 0.29) is 48.3 Å². The molecule has 0 bridgehead atoms. The van der Waals surface area contributed by atoms with Crippen LogP contribution in [0.4, 0.5) is 22.0 Å². The Morgan fingerprint density at radius 1 is 1.10 bits per heavy atom. The van der Waals surface area contributed by atoms with E-state index in [4.69, 9.17) is 0 Å². The third kappa shape index (κ3) is 7.30. The maximum atomic E-state index is 14.8. The minimum atomic E-state index is -4.55. The van der Waals surface area contributed by atoms with Gasteiger partial charge in [0, 0.05) is 44.2 Å². The molecule has 1 fully saturated rings. The minimum absolute atomic E-state index is 0.00118. The van der Waals surface area contributed by atoms with Gasteiger partial charge in [0.15, 0.2) is 0 Å². The molecule has 2 aliphatic rings. The molecule has 1 aromatic carbocycles. The summed E-state index contributed by atoms with van der Waals surface area (Å²) in [6.45, 7) is 9.10. The number of benzene rings is 1. The Hall–Kier alpha value is -2.60. The van der Waals surface area contributed by atoms with Gasteiger partial charge in [-0.25, -0.2) is 8.78 Å². The second-order valence-electron chi connectivity index (χ2n) is 12.4. The van der Waals surface area contributed by atoms with Gasteiger partial charge in [-0.15, -0.1) is 10.2 Å². The number of carbonyl (C=O) groups excluding carboxylic acids is 1. The van der Waals surface area contributed by atoms with Crippen molar-refractivity contribution in [3.05, 3.63) is 46.5 Å². The Labute approximate surface area is 244 Å². The van der Waals surface area contributed by atoms with Gasteiger partial charge < -0.3 is 20.1 Å². The van der Waals surface area contributed by atoms with Crippen molar-refractivity contribution >= 4 is 5.91 Å². The number of fused-ring (bicyclic) bond motifs is 1. The maximum Gasteiger partial charge on any atom is 0.451 e. The van der Waals surface area contributed by atoms with E-state index in [1.807, 2.05) is 18.7 Å². The van der Waals surface area contributed by atoms with Crippen LogP contribution in [-0.4, -0.2) is 63.8 Å². The molecule has 5 unspecified atom stereocenters. The summed E-state index contributed by atoms with van der Waals surface area (Å²) in [5, 5.41) is 14.0. The molecule has 7 nitrogen and oxygen atoms in total. The Morgan fingerprint density at radius 3 is 2.50 bits per heavy atom. The predicted octanol–water partition coefficient (Wildman–Crippen LogP) is 4.91. The number of halogens is 5. The summed E-state index contributed by atoms with van der Waals surface area (Å²) < 4.78 is 69.9. The molecule has 0 radical (unpaired) electrons. The molecule has 5 atom stereocenters. The van der Waals surface area contributed by atoms with Crippen molar-refractivity contribution in [1.29, 1.82) is 0 Å². The molecule has 2 N–H and O–H groups in total. The van der Waals surface area contributed by atoms with E-state index in [1.165, 1.54) is 6.07 Å². The van der Waals surface area contributed by atoms with E-state index >= 15 is 0 Å². The first-order valence-corrected chi connectivity index (χ1v) is 14.9. The number of carbonyl (C=O) groups is 1. The van der Waals surface area contributed by atoms with Crippen LogP contribution in [0.3, 0.4) is 0 Å². The van der Waals surface area contributed by atoms with Crippen LogP contribution in [0, 0.1) is 36.3 Å². The van der Waals surface area contributed by atoms with Gasteiger partial charge in [0.25, 0.3) is 0 Å². The van der Waals surface area contributed by atoms with Gasteiger partial charge in [-0.2, -0.15) is 13.2 Å². The number of alkyl halides is 3. The third-order valence-electron chi connectivity index (χ3n) is 9.05. The van der Waals surface area contributed by atoms with Crippen LogP contribution in [0.15, 0.2) is 12.1 Å². The van der Waals surface area contributed by atoms with Gasteiger partial charge in [-0.1, -0.05) is 26.8 Å². The zero-order valence-electron chi connectivity index (χ0n) is 25.1. The van der Waals surface area contributed by atoms with Crippen molar-refractivity contribution in [3.8, 4) is 0 Å². The number of nitrogens with zero attached hydrogens (tertiary/aromatic N) is 4. The lowest BCUT2D eigenvalue weighted by atomic mass is 9.81. The highest BCUT2D eigenvalue weighted by atomic mass is 19.4. The fourth-order valence-electron chi connectivity index (χ4n) is 6.63. The number of likely N-dealkylation sites (tertiary alicyclic amines) is 1. The smallest absolute Gasteiger partial charge is 0.337 e. The molecule has 1 amide bonds. The number of amides is 1. The molecule has 234 valence electrons. The third-order valence-corrected chi connectivity index (χ3v) is 9.05. The minimum Gasteiger partial charge on any atom is -0.337 e. The molecule has 0 saturated carbocycles. The largest absolute Gasteiger partial charge is 0.451 e. The summed E-state index contributed by atoms with van der Waals surface area (Å²) in [6.07, 6.45) is -0.893. The van der Waals surface area contributed by atoms with Crippen molar-refractivity contribution in [2.45, 2.75) is 97.1 Å². The first-order valence-electron chi connectivity index (χ1n) is 14.9. The average Bonchev–Trinajstić information content (AvgIpc) is 3.57. The average molecular weight is 599 g/mol. The standard InChI is InChI=1S/C30H43F5N6O/c1-17(2)27(36-5)28(42)40-9-6-7-23(40)16-37-22(13-21-11-19(4)24(31)15-25(21)32)12-18(3)20-8-10-41-26(14-20)38-39-29(41)30(33,34)35/h11,15,17-18,20,22-23,27,36-37H,6-10,12-14,16H2,1-5H3. The molecule has 0 aliphatic carbocycles. The number of aryl methyl sites for hydroxylation is 1. The molecular weight excluding hydrogens is 555 g/mol. The number of nitrogens with one attached hydrogen (secondary N) is 2. The van der Waals surface area contributed by atoms with Crippen LogP contribution in [0.5, 0.6) is 0 Å². The lowest BCUT2D eigenvalue weighted by molar-refractivity contribution is -0.148. The van der Waals surface area contributed by atoms with E-state index in [0.29, 0.717) is 55.7 Å². The number of rotatable bonds is 11. The molecule has 12 heteroatoms. The van der Waals surface area contributed by atoms with Gasteiger partial charge in [0.05, 0.1) is 6.04 Å². The molecular formula is C30H43F5N6O. The highest BCUT2D eigenvalue weighted by Crippen LogP contribution is 2.34. The van der Waals surface area contributed by atoms with Gasteiger partial charge in [-0.05, 0) is 75.0 Å². The highest BCUT2D eigenvalue weighted by molar-refractivity contribution is 5.82. The van der Waals surface area contributed by atoms with Crippen LogP contribution in [0.25, 0.3) is 0 Å². The van der Waals surface area contributed by atoms with E-state index in [9.17, 15) is 26.7 Å². The summed E-state index contributed by atoms with van der Waals surface area (Å²) in [5.74, 6) is -1.44. The van der Waals surface area contributed by atoms with Crippen LogP contribution in [0.2, 0.25) is 0 Å². The van der Waals surface area contributed by atoms with Gasteiger partial charge in [0.2, 0.25) is 11.7 Å². The molecule has 4 rings (SSSR count). The second-order valence-corrected chi connectivity index (χ2v) is 12.4. The van der Waals surface area contributed by atoms with Crippen LogP contribution < -0.4 is 10.6 Å². The Morgan fingerprint density at radius 2 is 1.83 bits per heavy atom. The van der Waals surface area contributed by atoms with Gasteiger partial charge >= 0.3 is 6.18 Å². The first kappa shape index (κ1) is 32.3. The van der Waals surface area contributed by atoms with Crippen molar-refractivity contribution in [2.75, 3.05) is 20.1 Å². The van der Waals surface area contributed by atoms with Crippen LogP contribution in [-0.2, 0) is 30.4 Å². The summed E-state index contributed by atoms with van der Waals surface area (Å²) >= 11 is 0. The lowest BCUT2D eigenvalue weighted by Crippen LogP contribution is -2.52. The highest BCUT2D eigenvalue weighted by Gasteiger charge is 2.40. The first-order chi connectivity index (χ1) is 19.8. The molecule has 3 heterocycles. The van der Waals surface area contributed by atoms with E-state index in [0.717, 1.165) is 23.5 Å². The molecule has 0 spiro atoms. The van der Waals surface area contributed by atoms with E-state index in [2.05, 4.69) is 27.8 Å². The lowest BCUT2D eigenvalue weighted by Gasteiger charge is -2.34. The number of hydrogen-bond donors (Lipinski definition) is 2. The fourth-order valence-corrected chi connectivity index (χ4v) is 6.63. The maximum absolute atomic E-state index is 14.8. The summed E-state index contributed by atoms with van der Waals surface area (Å²) in [7, 11) is 1.79. The van der Waals surface area contributed by atoms with Gasteiger partial charge in [0.1, 0.15) is 17.5 Å². The monoisotopic (exact) mass is 598 g/mol. The zero-order chi connectivity index (χ0) is 30.8. The second kappa shape index (κ2) is 13.4. The zero-order valence-corrected chi connectivity index (χ0v) is 25.1. The van der Waals surface area contributed by atoms with Crippen molar-refractivity contribution in [2.24, 2.45) is 17.8 Å². The van der Waals surface area contributed by atoms with Crippen molar-refractivity contribution < 1.29 is 26.7 Å². The molecule has 1 aromatic heterocycles. The van der Waals surface area contributed by atoms with Crippen LogP contribution >= 0.6 is 0 Å². The quantitative estimate of drug-likeness (QED) is 0.360. The molecule has 1 saturated heterocycles. The summed E-state index contributed by atoms with van der Waals surface area (Å²) in [4.78, 5) is 15.2. The Bertz CT molecular complexity index is 1230. The molecule has 2 aliphatic heterocycles. The SMILES string of the molecule is CNC(C(=O)N1CCCC1CNC(Cc1cc(C)c(F)cc1F)CC(C)C1CCn2c(nnc2C(F)(F)F)C1)C(C)C. The topological polar surface area (TPSA) is 75.1 Å². The number of hydrogen-bond acceptors (Lipinski definition) is 5. The number of aromatic nitrogens is 3. The van der Waals surface area contributed by atoms with Crippen molar-refractivity contribution in [3.63, 3.8) is 0 Å². The summed E-state index contributed by atoms with van der Waals surface area (Å²) in [6, 6.07) is 1.99. The molecule has 42 heavy (non-hydrogen) atoms. The van der Waals surface area contributed by atoms with E-state index < -0.39 is 23.6 Å². The Balaban J connectivity index is 1.48. The predicted molar refractivity (Wildman–Crippen MR) is 150 cm³/mol. The normalized spacial score (nSPS) is 21.5. The Kier molecular flexibility index (Phi) is 10.3. The van der Waals surface area contributed by atoms with Gasteiger partial charge in [-0.3, -0.25) is 4.79 Å². The summed E-state index contributed by atoms with van der Waals surface area (Å²) in [5.41, 5.74) is 0.774. The number of likely N-dealkylation sites (N-methyl/N-ethyl adjacent to an activating group) is 1. The van der Waals surface area contributed by atoms with E-state index in [1.54, 1.807) is 14.0 Å². The van der Waals surface area contributed by atoms with Crippen LogP contribution in [0.1, 0.15) is 69.2 Å².